The first-order valence-corrected chi connectivity index (χ1v) is 7.63. The van der Waals surface area contributed by atoms with Crippen molar-refractivity contribution in [3.8, 4) is 16.2 Å². The van der Waals surface area contributed by atoms with Gasteiger partial charge in [-0.2, -0.15) is 0 Å². The lowest BCUT2D eigenvalue weighted by atomic mass is 9.92. The quantitative estimate of drug-likeness (QED) is 0.901. The van der Waals surface area contributed by atoms with E-state index in [4.69, 9.17) is 4.74 Å². The van der Waals surface area contributed by atoms with Crippen molar-refractivity contribution in [3.63, 3.8) is 0 Å². The Labute approximate surface area is 118 Å². The summed E-state index contributed by atoms with van der Waals surface area (Å²) in [7, 11) is 1.76. The van der Waals surface area contributed by atoms with Crippen molar-refractivity contribution in [2.45, 2.75) is 19.3 Å². The van der Waals surface area contributed by atoms with E-state index in [0.29, 0.717) is 5.92 Å². The van der Waals surface area contributed by atoms with E-state index in [2.05, 4.69) is 41.9 Å². The van der Waals surface area contributed by atoms with Gasteiger partial charge in [-0.15, -0.1) is 11.3 Å². The zero-order chi connectivity index (χ0) is 13.2. The summed E-state index contributed by atoms with van der Waals surface area (Å²) in [5.41, 5.74) is 4.12. The molecule has 1 aromatic heterocycles. The van der Waals surface area contributed by atoms with Crippen LogP contribution in [0.4, 0.5) is 0 Å². The Kier molecular flexibility index (Phi) is 3.58. The highest BCUT2D eigenvalue weighted by Gasteiger charge is 2.18. The molecule has 1 N–H and O–H groups in total. The van der Waals surface area contributed by atoms with Gasteiger partial charge >= 0.3 is 0 Å². The molecule has 0 saturated carbocycles. The number of hydrogen-bond donors (Lipinski definition) is 1. The number of rotatable bonds is 2. The summed E-state index contributed by atoms with van der Waals surface area (Å²) < 4.78 is 5.60. The van der Waals surface area contributed by atoms with Gasteiger partial charge in [0.15, 0.2) is 0 Å². The second kappa shape index (κ2) is 5.35. The molecule has 100 valence electrons. The maximum atomic E-state index is 5.60. The summed E-state index contributed by atoms with van der Waals surface area (Å²) >= 11 is 1.77. The van der Waals surface area contributed by atoms with Gasteiger partial charge in [0.1, 0.15) is 5.75 Å². The maximum Gasteiger partial charge on any atom is 0.127 e. The molecule has 0 aliphatic carbocycles. The molecular weight excluding hydrogens is 254 g/mol. The molecule has 0 spiro atoms. The molecule has 1 aliphatic heterocycles. The van der Waals surface area contributed by atoms with Crippen LogP contribution in [-0.4, -0.2) is 20.2 Å². The van der Waals surface area contributed by atoms with E-state index >= 15 is 0 Å². The molecule has 2 aromatic rings. The second-order valence-electron chi connectivity index (χ2n) is 5.08. The van der Waals surface area contributed by atoms with E-state index in [1.54, 1.807) is 18.4 Å². The highest BCUT2D eigenvalue weighted by atomic mass is 32.1. The number of fused-ring (bicyclic) bond motifs is 1. The smallest absolute Gasteiger partial charge is 0.127 e. The predicted octanol–water partition coefficient (Wildman–Crippen LogP) is 3.67. The van der Waals surface area contributed by atoms with Gasteiger partial charge < -0.3 is 10.1 Å². The second-order valence-corrected chi connectivity index (χ2v) is 6.03. The number of benzene rings is 1. The van der Waals surface area contributed by atoms with Crippen molar-refractivity contribution < 1.29 is 4.74 Å². The van der Waals surface area contributed by atoms with Crippen LogP contribution in [-0.2, 0) is 6.42 Å². The monoisotopic (exact) mass is 273 g/mol. The van der Waals surface area contributed by atoms with E-state index in [1.807, 2.05) is 0 Å². The predicted molar refractivity (Wildman–Crippen MR) is 81.3 cm³/mol. The average molecular weight is 273 g/mol. The molecule has 1 aromatic carbocycles. The number of hydrogen-bond acceptors (Lipinski definition) is 3. The summed E-state index contributed by atoms with van der Waals surface area (Å²) in [6, 6.07) is 8.82. The number of thiophene rings is 1. The topological polar surface area (TPSA) is 21.3 Å². The van der Waals surface area contributed by atoms with E-state index in [-0.39, 0.29) is 0 Å². The largest absolute Gasteiger partial charge is 0.496 e. The highest BCUT2D eigenvalue weighted by molar-refractivity contribution is 7.13. The van der Waals surface area contributed by atoms with Crippen LogP contribution < -0.4 is 10.1 Å². The SMILES string of the molecule is COc1cc2c(cc1-c1cccs1)[C@@H](C)CNCC2. The first-order chi connectivity index (χ1) is 9.29. The van der Waals surface area contributed by atoms with E-state index in [0.717, 1.165) is 25.3 Å². The van der Waals surface area contributed by atoms with Gasteiger partial charge in [0.2, 0.25) is 0 Å². The van der Waals surface area contributed by atoms with Gasteiger partial charge in [0.05, 0.1) is 7.11 Å². The number of nitrogens with one attached hydrogen (secondary N) is 1. The Morgan fingerprint density at radius 1 is 1.37 bits per heavy atom. The summed E-state index contributed by atoms with van der Waals surface area (Å²) in [5.74, 6) is 1.55. The zero-order valence-electron chi connectivity index (χ0n) is 11.4. The van der Waals surface area contributed by atoms with Crippen molar-refractivity contribution in [3.05, 3.63) is 40.8 Å². The standard InChI is InChI=1S/C16H19NOS/c1-11-10-17-6-5-12-8-15(18-2)14(9-13(11)12)16-4-3-7-19-16/h3-4,7-9,11,17H,5-6,10H2,1-2H3/t11-/m0/s1. The minimum Gasteiger partial charge on any atom is -0.496 e. The van der Waals surface area contributed by atoms with Gasteiger partial charge in [0, 0.05) is 17.0 Å². The van der Waals surface area contributed by atoms with Crippen molar-refractivity contribution in [1.29, 1.82) is 0 Å². The first-order valence-electron chi connectivity index (χ1n) is 6.75. The molecule has 0 radical (unpaired) electrons. The van der Waals surface area contributed by atoms with Crippen LogP contribution in [0, 0.1) is 0 Å². The minimum atomic E-state index is 0.558. The summed E-state index contributed by atoms with van der Waals surface area (Å²) in [4.78, 5) is 1.28. The molecule has 2 heterocycles. The van der Waals surface area contributed by atoms with Crippen LogP contribution in [0.3, 0.4) is 0 Å². The zero-order valence-corrected chi connectivity index (χ0v) is 12.2. The third kappa shape index (κ3) is 2.40. The lowest BCUT2D eigenvalue weighted by molar-refractivity contribution is 0.416. The Morgan fingerprint density at radius 3 is 3.00 bits per heavy atom. The van der Waals surface area contributed by atoms with Crippen molar-refractivity contribution in [2.75, 3.05) is 20.2 Å². The summed E-state index contributed by atoms with van der Waals surface area (Å²) in [6.45, 7) is 4.41. The van der Waals surface area contributed by atoms with Crippen molar-refractivity contribution in [1.82, 2.24) is 5.32 Å². The van der Waals surface area contributed by atoms with Gasteiger partial charge in [-0.05, 0) is 53.6 Å². The van der Waals surface area contributed by atoms with Gasteiger partial charge in [0.25, 0.3) is 0 Å². The van der Waals surface area contributed by atoms with Crippen LogP contribution >= 0.6 is 11.3 Å². The third-order valence-corrected chi connectivity index (χ3v) is 4.70. The van der Waals surface area contributed by atoms with Crippen LogP contribution in [0.5, 0.6) is 5.75 Å². The molecule has 1 atom stereocenters. The van der Waals surface area contributed by atoms with Crippen LogP contribution in [0.2, 0.25) is 0 Å². The molecule has 3 rings (SSSR count). The maximum absolute atomic E-state index is 5.60. The Morgan fingerprint density at radius 2 is 2.26 bits per heavy atom. The van der Waals surface area contributed by atoms with E-state index < -0.39 is 0 Å². The molecule has 0 unspecified atom stereocenters. The normalized spacial score (nSPS) is 18.7. The molecule has 0 fully saturated rings. The van der Waals surface area contributed by atoms with E-state index in [9.17, 15) is 0 Å². The molecule has 0 amide bonds. The molecule has 1 aliphatic rings. The fourth-order valence-electron chi connectivity index (χ4n) is 2.76. The van der Waals surface area contributed by atoms with E-state index in [1.165, 1.54) is 21.6 Å². The molecule has 0 saturated heterocycles. The fraction of sp³-hybridized carbons (Fsp3) is 0.375. The Hall–Kier alpha value is -1.32. The number of ether oxygens (including phenoxy) is 1. The molecule has 3 heteroatoms. The highest BCUT2D eigenvalue weighted by Crippen LogP contribution is 2.38. The molecule has 0 bridgehead atoms. The number of methoxy groups -OCH3 is 1. The minimum absolute atomic E-state index is 0.558. The first kappa shape index (κ1) is 12.7. The lowest BCUT2D eigenvalue weighted by Gasteiger charge is -2.16. The Bertz CT molecular complexity index is 562. The van der Waals surface area contributed by atoms with Crippen LogP contribution in [0.25, 0.3) is 10.4 Å². The van der Waals surface area contributed by atoms with Gasteiger partial charge in [-0.25, -0.2) is 0 Å². The molecular formula is C16H19NOS. The fourth-order valence-corrected chi connectivity index (χ4v) is 3.51. The van der Waals surface area contributed by atoms with Crippen LogP contribution in [0.15, 0.2) is 29.6 Å². The average Bonchev–Trinajstić information content (AvgIpc) is 2.90. The lowest BCUT2D eigenvalue weighted by Crippen LogP contribution is -2.18. The Balaban J connectivity index is 2.14. The third-order valence-electron chi connectivity index (χ3n) is 3.80. The van der Waals surface area contributed by atoms with Gasteiger partial charge in [-0.1, -0.05) is 13.0 Å². The van der Waals surface area contributed by atoms with Crippen molar-refractivity contribution in [2.24, 2.45) is 0 Å². The van der Waals surface area contributed by atoms with Crippen molar-refractivity contribution >= 4 is 11.3 Å². The van der Waals surface area contributed by atoms with Crippen LogP contribution in [0.1, 0.15) is 24.0 Å². The molecule has 2 nitrogen and oxygen atoms in total. The molecule has 19 heavy (non-hydrogen) atoms. The summed E-state index contributed by atoms with van der Waals surface area (Å²) in [5, 5.41) is 5.61. The summed E-state index contributed by atoms with van der Waals surface area (Å²) in [6.07, 6.45) is 1.08. The van der Waals surface area contributed by atoms with Gasteiger partial charge in [-0.3, -0.25) is 0 Å².